The van der Waals surface area contributed by atoms with Crippen LogP contribution in [0.3, 0.4) is 0 Å². The van der Waals surface area contributed by atoms with Crippen LogP contribution in [0.25, 0.3) is 0 Å². The number of anilines is 1. The molecule has 1 rings (SSSR count). The molecule has 0 bridgehead atoms. The fourth-order valence-electron chi connectivity index (χ4n) is 1.88. The molecule has 0 unspecified atom stereocenters. The van der Waals surface area contributed by atoms with Crippen LogP contribution in [0.4, 0.5) is 5.69 Å². The van der Waals surface area contributed by atoms with Gasteiger partial charge >= 0.3 is 0 Å². The molecular weight excluding hydrogens is 262 g/mol. The van der Waals surface area contributed by atoms with Crippen molar-refractivity contribution >= 4 is 15.7 Å². The lowest BCUT2D eigenvalue weighted by Crippen LogP contribution is -2.32. The molecule has 0 saturated carbocycles. The topological polar surface area (TPSA) is 87.2 Å². The number of aryl methyl sites for hydroxylation is 1. The summed E-state index contributed by atoms with van der Waals surface area (Å²) in [5, 5.41) is 8.60. The molecule has 0 fully saturated rings. The number of sulfonamides is 1. The summed E-state index contributed by atoms with van der Waals surface area (Å²) in [5.41, 5.74) is 7.70. The summed E-state index contributed by atoms with van der Waals surface area (Å²) < 4.78 is 26.4. The minimum Gasteiger partial charge on any atom is -0.399 e. The lowest BCUT2D eigenvalue weighted by molar-refractivity contribution is 0.434. The number of nitrogens with zero attached hydrogens (tertiary/aromatic N) is 2. The Labute approximate surface area is 114 Å². The van der Waals surface area contributed by atoms with Gasteiger partial charge in [0.05, 0.1) is 11.0 Å². The van der Waals surface area contributed by atoms with Crippen LogP contribution in [-0.2, 0) is 10.0 Å². The van der Waals surface area contributed by atoms with Crippen molar-refractivity contribution in [1.29, 1.82) is 5.26 Å². The van der Waals surface area contributed by atoms with Gasteiger partial charge in [-0.3, -0.25) is 0 Å². The van der Waals surface area contributed by atoms with E-state index in [4.69, 9.17) is 11.0 Å². The summed E-state index contributed by atoms with van der Waals surface area (Å²) in [5.74, 6) is 0. The fourth-order valence-corrected chi connectivity index (χ4v) is 3.67. The molecule has 0 aromatic heterocycles. The summed E-state index contributed by atoms with van der Waals surface area (Å²) in [6.07, 6.45) is 0.174. The summed E-state index contributed by atoms with van der Waals surface area (Å²) >= 11 is 0. The van der Waals surface area contributed by atoms with Crippen molar-refractivity contribution in [2.45, 2.75) is 32.1 Å². The molecule has 0 amide bonds. The lowest BCUT2D eigenvalue weighted by Gasteiger charge is -2.21. The first kappa shape index (κ1) is 15.5. The third-order valence-electron chi connectivity index (χ3n) is 3.09. The Morgan fingerprint density at radius 1 is 1.37 bits per heavy atom. The van der Waals surface area contributed by atoms with Gasteiger partial charge in [0.2, 0.25) is 10.0 Å². The molecule has 0 spiro atoms. The van der Waals surface area contributed by atoms with Crippen LogP contribution in [0.15, 0.2) is 17.0 Å². The van der Waals surface area contributed by atoms with Crippen molar-refractivity contribution in [1.82, 2.24) is 4.31 Å². The van der Waals surface area contributed by atoms with Crippen LogP contribution in [0, 0.1) is 25.2 Å². The number of nitrogens with two attached hydrogens (primary N) is 1. The van der Waals surface area contributed by atoms with Crippen LogP contribution in [0.5, 0.6) is 0 Å². The van der Waals surface area contributed by atoms with Crippen LogP contribution < -0.4 is 5.73 Å². The number of hydrogen-bond donors (Lipinski definition) is 1. The van der Waals surface area contributed by atoms with E-state index in [0.29, 0.717) is 17.8 Å². The summed E-state index contributed by atoms with van der Waals surface area (Å²) in [6, 6.07) is 5.19. The van der Waals surface area contributed by atoms with E-state index in [2.05, 4.69) is 0 Å². The van der Waals surface area contributed by atoms with Gasteiger partial charge in [-0.1, -0.05) is 6.92 Å². The number of rotatable bonds is 5. The minimum atomic E-state index is -3.60. The molecule has 1 aromatic carbocycles. The largest absolute Gasteiger partial charge is 0.399 e. The van der Waals surface area contributed by atoms with Crippen molar-refractivity contribution < 1.29 is 8.42 Å². The van der Waals surface area contributed by atoms with Crippen LogP contribution >= 0.6 is 0 Å². The van der Waals surface area contributed by atoms with Crippen molar-refractivity contribution in [3.05, 3.63) is 23.3 Å². The van der Waals surface area contributed by atoms with Crippen LogP contribution in [0.2, 0.25) is 0 Å². The average Bonchev–Trinajstić information content (AvgIpc) is 2.34. The van der Waals surface area contributed by atoms with E-state index in [9.17, 15) is 8.42 Å². The van der Waals surface area contributed by atoms with Crippen LogP contribution in [-0.4, -0.2) is 25.8 Å². The molecule has 6 heteroatoms. The first-order valence-corrected chi connectivity index (χ1v) is 7.52. The fraction of sp³-hybridized carbons (Fsp3) is 0.462. The molecule has 0 atom stereocenters. The monoisotopic (exact) mass is 281 g/mol. The van der Waals surface area contributed by atoms with Crippen molar-refractivity contribution in [2.75, 3.05) is 18.8 Å². The molecule has 0 aliphatic rings. The smallest absolute Gasteiger partial charge is 0.243 e. The van der Waals surface area contributed by atoms with E-state index in [-0.39, 0.29) is 17.9 Å². The zero-order valence-electron chi connectivity index (χ0n) is 11.5. The standard InChI is InChI=1S/C13H19N3O2S/c1-4-16(7-5-6-14)19(17,18)13-9-12(15)8-10(2)11(13)3/h8-9H,4-5,7,15H2,1-3H3. The van der Waals surface area contributed by atoms with E-state index >= 15 is 0 Å². The van der Waals surface area contributed by atoms with E-state index < -0.39 is 10.0 Å². The second-order valence-electron chi connectivity index (χ2n) is 4.37. The Balaban J connectivity index is 3.30. The third kappa shape index (κ3) is 3.25. The maximum Gasteiger partial charge on any atom is 0.243 e. The van der Waals surface area contributed by atoms with Gasteiger partial charge in [0.1, 0.15) is 0 Å². The molecule has 0 aliphatic heterocycles. The summed E-state index contributed by atoms with van der Waals surface area (Å²) in [7, 11) is -3.60. The molecule has 19 heavy (non-hydrogen) atoms. The third-order valence-corrected chi connectivity index (χ3v) is 5.19. The molecule has 1 aromatic rings. The second kappa shape index (κ2) is 6.04. The van der Waals surface area contributed by atoms with E-state index in [1.807, 2.05) is 13.0 Å². The quantitative estimate of drug-likeness (QED) is 0.834. The highest BCUT2D eigenvalue weighted by Gasteiger charge is 2.25. The Hall–Kier alpha value is -1.58. The number of benzene rings is 1. The van der Waals surface area contributed by atoms with Gasteiger partial charge in [0, 0.05) is 25.2 Å². The summed E-state index contributed by atoms with van der Waals surface area (Å²) in [6.45, 7) is 5.87. The summed E-state index contributed by atoms with van der Waals surface area (Å²) in [4.78, 5) is 0.227. The predicted octanol–water partition coefficient (Wildman–Crippen LogP) is 1.81. The molecule has 5 nitrogen and oxygen atoms in total. The SMILES string of the molecule is CCN(CCC#N)S(=O)(=O)c1cc(N)cc(C)c1C. The van der Waals surface area contributed by atoms with Gasteiger partial charge in [-0.05, 0) is 37.1 Å². The minimum absolute atomic E-state index is 0.174. The Bertz CT molecular complexity index is 603. The maximum absolute atomic E-state index is 12.6. The van der Waals surface area contributed by atoms with Gasteiger partial charge in [-0.15, -0.1) is 0 Å². The lowest BCUT2D eigenvalue weighted by atomic mass is 10.1. The Kier molecular flexibility index (Phi) is 4.92. The van der Waals surface area contributed by atoms with Gasteiger partial charge in [-0.2, -0.15) is 9.57 Å². The van der Waals surface area contributed by atoms with E-state index in [0.717, 1.165) is 5.56 Å². The van der Waals surface area contributed by atoms with Gasteiger partial charge in [-0.25, -0.2) is 8.42 Å². The first-order chi connectivity index (χ1) is 8.84. The van der Waals surface area contributed by atoms with E-state index in [1.165, 1.54) is 10.4 Å². The average molecular weight is 281 g/mol. The molecule has 0 aliphatic carbocycles. The highest BCUT2D eigenvalue weighted by molar-refractivity contribution is 7.89. The Morgan fingerprint density at radius 2 is 2.00 bits per heavy atom. The number of hydrogen-bond acceptors (Lipinski definition) is 4. The zero-order chi connectivity index (χ0) is 14.6. The highest BCUT2D eigenvalue weighted by atomic mass is 32.2. The first-order valence-electron chi connectivity index (χ1n) is 6.08. The molecular formula is C13H19N3O2S. The predicted molar refractivity (Wildman–Crippen MR) is 75.0 cm³/mol. The normalized spacial score (nSPS) is 11.5. The van der Waals surface area contributed by atoms with Crippen LogP contribution in [0.1, 0.15) is 24.5 Å². The molecule has 104 valence electrons. The van der Waals surface area contributed by atoms with Crippen molar-refractivity contribution in [3.8, 4) is 6.07 Å². The van der Waals surface area contributed by atoms with Crippen molar-refractivity contribution in [2.24, 2.45) is 0 Å². The molecule has 0 heterocycles. The molecule has 2 N–H and O–H groups in total. The van der Waals surface area contributed by atoms with Gasteiger partial charge in [0.25, 0.3) is 0 Å². The highest BCUT2D eigenvalue weighted by Crippen LogP contribution is 2.25. The zero-order valence-corrected chi connectivity index (χ0v) is 12.3. The molecule has 0 saturated heterocycles. The second-order valence-corrected chi connectivity index (χ2v) is 6.27. The van der Waals surface area contributed by atoms with Crippen molar-refractivity contribution in [3.63, 3.8) is 0 Å². The molecule has 0 radical (unpaired) electrons. The van der Waals surface area contributed by atoms with Gasteiger partial charge < -0.3 is 5.73 Å². The Morgan fingerprint density at radius 3 is 2.53 bits per heavy atom. The van der Waals surface area contributed by atoms with E-state index in [1.54, 1.807) is 19.9 Å². The van der Waals surface area contributed by atoms with Gasteiger partial charge in [0.15, 0.2) is 0 Å². The number of nitrogen functional groups attached to an aromatic ring is 1. The number of nitriles is 1. The maximum atomic E-state index is 12.6.